The van der Waals surface area contributed by atoms with Crippen LogP contribution in [0.25, 0.3) is 0 Å². The number of rotatable bonds is 7. The highest BCUT2D eigenvalue weighted by atomic mass is 32.2. The van der Waals surface area contributed by atoms with Gasteiger partial charge in [-0.25, -0.2) is 21.6 Å². The lowest BCUT2D eigenvalue weighted by Gasteiger charge is -2.23. The molecule has 2 aromatic carbocycles. The van der Waals surface area contributed by atoms with Crippen LogP contribution < -0.4 is 10.0 Å². The number of amides is 1. The summed E-state index contributed by atoms with van der Waals surface area (Å²) >= 11 is 0. The number of nitrogens with one attached hydrogen (secondary N) is 2. The van der Waals surface area contributed by atoms with Crippen molar-refractivity contribution < 1.29 is 39.5 Å². The fraction of sp³-hybridized carbons (Fsp3) is 0.350. The number of halogens is 3. The number of benzene rings is 2. The third kappa shape index (κ3) is 5.84. The summed E-state index contributed by atoms with van der Waals surface area (Å²) in [4.78, 5) is 10.2. The summed E-state index contributed by atoms with van der Waals surface area (Å²) in [6.07, 6.45) is 1.29. The highest BCUT2D eigenvalue weighted by molar-refractivity contribution is 7.92. The number of alkyl halides is 3. The molecule has 1 aliphatic rings. The molecule has 2 N–H and O–H groups in total. The van der Waals surface area contributed by atoms with E-state index in [2.05, 4.69) is 5.32 Å². The predicted molar refractivity (Wildman–Crippen MR) is 113 cm³/mol. The Morgan fingerprint density at radius 2 is 1.64 bits per heavy atom. The van der Waals surface area contributed by atoms with Crippen LogP contribution in [0.1, 0.15) is 23.2 Å². The molecule has 1 amide bonds. The van der Waals surface area contributed by atoms with Crippen molar-refractivity contribution in [3.05, 3.63) is 54.1 Å². The van der Waals surface area contributed by atoms with E-state index in [1.807, 2.05) is 0 Å². The second-order valence-electron chi connectivity index (χ2n) is 7.34. The minimum absolute atomic E-state index is 0.000963. The number of carbonyl (C=O) groups excluding carboxylic acids is 1. The smallest absolute Gasteiger partial charge is 0.384 e. The van der Waals surface area contributed by atoms with E-state index < -0.39 is 41.1 Å². The summed E-state index contributed by atoms with van der Waals surface area (Å²) in [6.45, 7) is 1.15. The van der Waals surface area contributed by atoms with Crippen LogP contribution in [0.3, 0.4) is 0 Å². The van der Waals surface area contributed by atoms with Crippen molar-refractivity contribution in [3.63, 3.8) is 0 Å². The summed E-state index contributed by atoms with van der Waals surface area (Å²) in [5, 5.41) is 2.69. The van der Waals surface area contributed by atoms with Gasteiger partial charge in [0, 0.05) is 25.3 Å². The molecule has 0 spiro atoms. The Morgan fingerprint density at radius 1 is 1.00 bits per heavy atom. The predicted octanol–water partition coefficient (Wildman–Crippen LogP) is 2.94. The maximum absolute atomic E-state index is 13.3. The number of sulfone groups is 1. The van der Waals surface area contributed by atoms with Gasteiger partial charge in [0.25, 0.3) is 25.8 Å². The topological polar surface area (TPSA) is 119 Å². The van der Waals surface area contributed by atoms with Crippen molar-refractivity contribution >= 4 is 31.5 Å². The Kier molecular flexibility index (Phi) is 7.34. The fourth-order valence-corrected chi connectivity index (χ4v) is 5.23. The van der Waals surface area contributed by atoms with Crippen LogP contribution in [0.5, 0.6) is 0 Å². The quantitative estimate of drug-likeness (QED) is 0.593. The molecule has 0 atom stereocenters. The molecule has 0 bridgehead atoms. The molecule has 1 aliphatic heterocycles. The third-order valence-corrected chi connectivity index (χ3v) is 7.90. The molecule has 0 radical (unpaired) electrons. The van der Waals surface area contributed by atoms with Crippen molar-refractivity contribution in [1.82, 2.24) is 4.72 Å². The SMILES string of the molecule is O=C(NS(=O)(=O)c1ccc(NCC2CCOCC2)c(S(=O)(=O)C(F)(F)F)c1)c1ccccc1. The molecule has 33 heavy (non-hydrogen) atoms. The largest absolute Gasteiger partial charge is 0.501 e. The van der Waals surface area contributed by atoms with E-state index in [-0.39, 0.29) is 23.7 Å². The number of ether oxygens (including phenoxy) is 1. The summed E-state index contributed by atoms with van der Waals surface area (Å²) in [5.74, 6) is -0.966. The summed E-state index contributed by atoms with van der Waals surface area (Å²) < 4.78 is 96.5. The summed E-state index contributed by atoms with van der Waals surface area (Å²) in [5.41, 5.74) is -6.04. The number of hydrogen-bond acceptors (Lipinski definition) is 7. The van der Waals surface area contributed by atoms with E-state index in [4.69, 9.17) is 4.74 Å². The molecule has 8 nitrogen and oxygen atoms in total. The highest BCUT2D eigenvalue weighted by Crippen LogP contribution is 2.36. The Bertz CT molecular complexity index is 1210. The average molecular weight is 507 g/mol. The first-order chi connectivity index (χ1) is 15.4. The first-order valence-corrected chi connectivity index (χ1v) is 12.8. The molecule has 13 heteroatoms. The lowest BCUT2D eigenvalue weighted by atomic mass is 10.0. The van der Waals surface area contributed by atoms with Crippen molar-refractivity contribution in [3.8, 4) is 0 Å². The lowest BCUT2D eigenvalue weighted by molar-refractivity contribution is -0.0435. The van der Waals surface area contributed by atoms with Crippen molar-refractivity contribution in [2.45, 2.75) is 28.1 Å². The Balaban J connectivity index is 1.94. The van der Waals surface area contributed by atoms with Gasteiger partial charge in [0.2, 0.25) is 0 Å². The van der Waals surface area contributed by atoms with Gasteiger partial charge in [0.15, 0.2) is 0 Å². The zero-order valence-electron chi connectivity index (χ0n) is 17.1. The molecular weight excluding hydrogens is 485 g/mol. The van der Waals surface area contributed by atoms with Gasteiger partial charge < -0.3 is 10.1 Å². The van der Waals surface area contributed by atoms with Gasteiger partial charge in [-0.3, -0.25) is 4.79 Å². The molecule has 2 aromatic rings. The number of hydrogen-bond donors (Lipinski definition) is 2. The standard InChI is InChI=1S/C20H21F3N2O6S2/c21-20(22,23)32(27,28)18-12-16(6-7-17(18)24-13-14-8-10-31-11-9-14)33(29,30)25-19(26)15-4-2-1-3-5-15/h1-7,12,14,24H,8-11,13H2,(H,25,26). The fourth-order valence-electron chi connectivity index (χ4n) is 3.20. The molecule has 0 unspecified atom stereocenters. The van der Waals surface area contributed by atoms with Crippen LogP contribution >= 0.6 is 0 Å². The molecule has 1 saturated heterocycles. The van der Waals surface area contributed by atoms with Crippen molar-refractivity contribution in [2.75, 3.05) is 25.1 Å². The zero-order chi connectivity index (χ0) is 24.3. The molecular formula is C20H21F3N2O6S2. The van der Waals surface area contributed by atoms with Gasteiger partial charge in [-0.2, -0.15) is 13.2 Å². The second kappa shape index (κ2) is 9.69. The molecule has 0 aromatic heterocycles. The van der Waals surface area contributed by atoms with E-state index in [1.54, 1.807) is 10.8 Å². The number of carbonyl (C=O) groups is 1. The Hall–Kier alpha value is -2.64. The van der Waals surface area contributed by atoms with Crippen LogP contribution in [0.2, 0.25) is 0 Å². The summed E-state index contributed by atoms with van der Waals surface area (Å²) in [6, 6.07) is 9.55. The first kappa shape index (κ1) is 25.0. The molecule has 1 heterocycles. The lowest BCUT2D eigenvalue weighted by Crippen LogP contribution is -2.31. The van der Waals surface area contributed by atoms with Crippen molar-refractivity contribution in [1.29, 1.82) is 0 Å². The van der Waals surface area contributed by atoms with Crippen LogP contribution in [-0.4, -0.2) is 48.0 Å². The number of sulfonamides is 1. The first-order valence-electron chi connectivity index (χ1n) is 9.81. The van der Waals surface area contributed by atoms with Crippen LogP contribution in [0.15, 0.2) is 58.3 Å². The van der Waals surface area contributed by atoms with Crippen LogP contribution in [0, 0.1) is 5.92 Å². The van der Waals surface area contributed by atoms with Gasteiger partial charge in [-0.1, -0.05) is 18.2 Å². The molecule has 3 rings (SSSR count). The van der Waals surface area contributed by atoms with E-state index in [1.165, 1.54) is 24.3 Å². The molecule has 0 aliphatic carbocycles. The molecule has 180 valence electrons. The van der Waals surface area contributed by atoms with Gasteiger partial charge in [-0.05, 0) is 49.1 Å². The summed E-state index contributed by atoms with van der Waals surface area (Å²) in [7, 11) is -10.6. The third-order valence-electron chi connectivity index (χ3n) is 5.04. The average Bonchev–Trinajstić information content (AvgIpc) is 2.77. The van der Waals surface area contributed by atoms with E-state index in [9.17, 15) is 34.8 Å². The highest BCUT2D eigenvalue weighted by Gasteiger charge is 2.48. The normalized spacial score (nSPS) is 15.7. The van der Waals surface area contributed by atoms with Gasteiger partial charge >= 0.3 is 5.51 Å². The van der Waals surface area contributed by atoms with Gasteiger partial charge in [0.1, 0.15) is 4.90 Å². The van der Waals surface area contributed by atoms with E-state index in [0.717, 1.165) is 12.1 Å². The maximum Gasteiger partial charge on any atom is 0.501 e. The van der Waals surface area contributed by atoms with Gasteiger partial charge in [0.05, 0.1) is 10.6 Å². The monoisotopic (exact) mass is 506 g/mol. The van der Waals surface area contributed by atoms with Gasteiger partial charge in [-0.15, -0.1) is 0 Å². The van der Waals surface area contributed by atoms with Crippen LogP contribution in [-0.2, 0) is 24.6 Å². The molecule has 0 saturated carbocycles. The zero-order valence-corrected chi connectivity index (χ0v) is 18.8. The van der Waals surface area contributed by atoms with E-state index in [0.29, 0.717) is 32.1 Å². The minimum atomic E-state index is -5.89. The number of anilines is 1. The van der Waals surface area contributed by atoms with E-state index >= 15 is 0 Å². The minimum Gasteiger partial charge on any atom is -0.384 e. The Labute approximate surface area is 189 Å². The second-order valence-corrected chi connectivity index (χ2v) is 10.9. The van der Waals surface area contributed by atoms with Crippen molar-refractivity contribution in [2.24, 2.45) is 5.92 Å². The Morgan fingerprint density at radius 3 is 2.24 bits per heavy atom. The van der Waals surface area contributed by atoms with Crippen LogP contribution in [0.4, 0.5) is 18.9 Å². The maximum atomic E-state index is 13.3. The molecule has 1 fully saturated rings.